The van der Waals surface area contributed by atoms with Crippen LogP contribution in [0.2, 0.25) is 0 Å². The van der Waals surface area contributed by atoms with Gasteiger partial charge in [-0.1, -0.05) is 73.7 Å². The summed E-state index contributed by atoms with van der Waals surface area (Å²) in [6, 6.07) is 24.3. The zero-order chi connectivity index (χ0) is 22.8. The molecular weight excluding hydrogens is 412 g/mol. The molecule has 0 saturated carbocycles. The van der Waals surface area contributed by atoms with Gasteiger partial charge >= 0.3 is 0 Å². The summed E-state index contributed by atoms with van der Waals surface area (Å²) in [6.45, 7) is 2.00. The Labute approximate surface area is 190 Å². The highest BCUT2D eigenvalue weighted by molar-refractivity contribution is 5.78. The van der Waals surface area contributed by atoms with Gasteiger partial charge in [0.15, 0.2) is 0 Å². The van der Waals surface area contributed by atoms with Crippen molar-refractivity contribution < 1.29 is 0 Å². The summed E-state index contributed by atoms with van der Waals surface area (Å²) < 4.78 is 2.64. The fourth-order valence-corrected chi connectivity index (χ4v) is 3.95. The van der Waals surface area contributed by atoms with E-state index in [1.807, 2.05) is 61.5 Å². The lowest BCUT2D eigenvalue weighted by molar-refractivity contribution is 0.524. The zero-order valence-electron chi connectivity index (χ0n) is 18.1. The number of hydrogen-bond acceptors (Lipinski definition) is 4. The summed E-state index contributed by atoms with van der Waals surface area (Å²) in [5, 5.41) is 0.899. The molecule has 0 saturated heterocycles. The van der Waals surface area contributed by atoms with Gasteiger partial charge in [0.2, 0.25) is 0 Å². The van der Waals surface area contributed by atoms with Crippen molar-refractivity contribution in [1.29, 1.82) is 0 Å². The summed E-state index contributed by atoms with van der Waals surface area (Å²) in [4.78, 5) is 36.1. The van der Waals surface area contributed by atoms with Crippen LogP contribution >= 0.6 is 0 Å². The van der Waals surface area contributed by atoms with E-state index in [9.17, 15) is 9.59 Å². The number of rotatable bonds is 5. The fourth-order valence-electron chi connectivity index (χ4n) is 3.95. The van der Waals surface area contributed by atoms with E-state index in [4.69, 9.17) is 4.98 Å². The molecular formula is C27H22N4O2. The Morgan fingerprint density at radius 1 is 0.818 bits per heavy atom. The predicted molar refractivity (Wildman–Crippen MR) is 131 cm³/mol. The molecule has 0 amide bonds. The van der Waals surface area contributed by atoms with E-state index in [-0.39, 0.29) is 17.0 Å². The Morgan fingerprint density at radius 3 is 2.21 bits per heavy atom. The van der Waals surface area contributed by atoms with Crippen LogP contribution in [0.4, 0.5) is 0 Å². The smallest absolute Gasteiger partial charge is 0.267 e. The van der Waals surface area contributed by atoms with Crippen molar-refractivity contribution in [3.63, 3.8) is 0 Å². The Bertz CT molecular complexity index is 1600. The second-order valence-corrected chi connectivity index (χ2v) is 7.97. The topological polar surface area (TPSA) is 69.8 Å². The Hall–Kier alpha value is -4.32. The lowest BCUT2D eigenvalue weighted by Crippen LogP contribution is -2.38. The first-order valence-corrected chi connectivity index (χ1v) is 10.8. The summed E-state index contributed by atoms with van der Waals surface area (Å²) in [5.41, 5.74) is 1.68. The van der Waals surface area contributed by atoms with Gasteiger partial charge in [0.05, 0.1) is 21.8 Å². The third kappa shape index (κ3) is 3.87. The van der Waals surface area contributed by atoms with Crippen LogP contribution in [0.1, 0.15) is 30.7 Å². The summed E-state index contributed by atoms with van der Waals surface area (Å²) in [5.74, 6) is 0.385. The number of allylic oxidation sites excluding steroid dienone is 1. The maximum atomic E-state index is 13.6. The third-order valence-corrected chi connectivity index (χ3v) is 5.68. The van der Waals surface area contributed by atoms with Crippen molar-refractivity contribution in [2.45, 2.75) is 19.3 Å². The van der Waals surface area contributed by atoms with Crippen molar-refractivity contribution in [2.24, 2.45) is 0 Å². The summed E-state index contributed by atoms with van der Waals surface area (Å²) >= 11 is 0. The minimum absolute atomic E-state index is 0.124. The average molecular weight is 434 g/mol. The van der Waals surface area contributed by atoms with Crippen LogP contribution in [0.15, 0.2) is 101 Å². The van der Waals surface area contributed by atoms with Crippen LogP contribution in [0.25, 0.3) is 27.9 Å². The third-order valence-electron chi connectivity index (χ3n) is 5.68. The van der Waals surface area contributed by atoms with Gasteiger partial charge in [-0.05, 0) is 36.2 Å². The zero-order valence-corrected chi connectivity index (χ0v) is 18.1. The molecule has 0 N–H and O–H groups in total. The van der Waals surface area contributed by atoms with E-state index in [1.165, 1.54) is 15.7 Å². The number of benzene rings is 3. The van der Waals surface area contributed by atoms with Crippen molar-refractivity contribution in [3.8, 4) is 0 Å². The van der Waals surface area contributed by atoms with Crippen molar-refractivity contribution in [1.82, 2.24) is 19.3 Å². The second kappa shape index (κ2) is 8.67. The molecule has 2 heterocycles. The van der Waals surface area contributed by atoms with Gasteiger partial charge in [-0.25, -0.2) is 9.97 Å². The molecule has 6 heteroatoms. The number of para-hydroxylation sites is 2. The molecule has 0 aliphatic rings. The number of hydrogen-bond donors (Lipinski definition) is 0. The van der Waals surface area contributed by atoms with Gasteiger partial charge in [-0.3, -0.25) is 9.59 Å². The predicted octanol–water partition coefficient (Wildman–Crippen LogP) is 4.62. The van der Waals surface area contributed by atoms with Crippen LogP contribution in [0.5, 0.6) is 0 Å². The van der Waals surface area contributed by atoms with E-state index >= 15 is 0 Å². The normalized spacial score (nSPS) is 12.5. The van der Waals surface area contributed by atoms with Gasteiger partial charge in [0.1, 0.15) is 12.2 Å². The van der Waals surface area contributed by atoms with E-state index in [0.29, 0.717) is 34.1 Å². The molecule has 1 atom stereocenters. The monoisotopic (exact) mass is 434 g/mol. The summed E-state index contributed by atoms with van der Waals surface area (Å²) in [6.07, 6.45) is 6.16. The van der Waals surface area contributed by atoms with Crippen molar-refractivity contribution >= 4 is 27.9 Å². The first kappa shape index (κ1) is 20.6. The van der Waals surface area contributed by atoms with Gasteiger partial charge in [0, 0.05) is 5.92 Å². The molecule has 2 aromatic heterocycles. The maximum Gasteiger partial charge on any atom is 0.280 e. The molecule has 162 valence electrons. The lowest BCUT2D eigenvalue weighted by atomic mass is 10.1. The lowest BCUT2D eigenvalue weighted by Gasteiger charge is -2.18. The van der Waals surface area contributed by atoms with Gasteiger partial charge in [-0.15, -0.1) is 0 Å². The molecule has 3 aromatic carbocycles. The quantitative estimate of drug-likeness (QED) is 0.405. The van der Waals surface area contributed by atoms with E-state index < -0.39 is 0 Å². The second-order valence-electron chi connectivity index (χ2n) is 7.97. The highest BCUT2D eigenvalue weighted by Gasteiger charge is 2.19. The average Bonchev–Trinajstić information content (AvgIpc) is 2.85. The number of fused-ring (bicyclic) bond motifs is 2. The maximum absolute atomic E-state index is 13.6. The molecule has 0 aliphatic heterocycles. The molecule has 33 heavy (non-hydrogen) atoms. The highest BCUT2D eigenvalue weighted by atomic mass is 16.2. The van der Waals surface area contributed by atoms with Crippen LogP contribution in [-0.2, 0) is 0 Å². The molecule has 6 nitrogen and oxygen atoms in total. The molecule has 0 bridgehead atoms. The molecule has 1 unspecified atom stereocenters. The fraction of sp³-hybridized carbons (Fsp3) is 0.111. The minimum atomic E-state index is -0.312. The first-order valence-electron chi connectivity index (χ1n) is 10.8. The molecule has 0 radical (unpaired) electrons. The van der Waals surface area contributed by atoms with Gasteiger partial charge in [0.25, 0.3) is 11.1 Å². The Morgan fingerprint density at radius 2 is 1.45 bits per heavy atom. The molecule has 0 aliphatic carbocycles. The van der Waals surface area contributed by atoms with Crippen LogP contribution in [-0.4, -0.2) is 19.3 Å². The van der Waals surface area contributed by atoms with Gasteiger partial charge < -0.3 is 0 Å². The van der Waals surface area contributed by atoms with E-state index in [1.54, 1.807) is 30.3 Å². The SMILES string of the molecule is CC(C/C=C/c1ccccc1)c1nc2ccccc2c(=O)n1-n1cnc2ccccc2c1=O. The largest absolute Gasteiger partial charge is 0.280 e. The van der Waals surface area contributed by atoms with E-state index in [0.717, 1.165) is 5.56 Å². The minimum Gasteiger partial charge on any atom is -0.267 e. The summed E-state index contributed by atoms with van der Waals surface area (Å²) in [7, 11) is 0. The van der Waals surface area contributed by atoms with E-state index in [2.05, 4.69) is 11.1 Å². The first-order chi connectivity index (χ1) is 16.1. The number of aromatic nitrogens is 4. The Kier molecular flexibility index (Phi) is 5.40. The van der Waals surface area contributed by atoms with Crippen LogP contribution in [0, 0.1) is 0 Å². The van der Waals surface area contributed by atoms with Crippen LogP contribution < -0.4 is 11.1 Å². The molecule has 5 aromatic rings. The highest BCUT2D eigenvalue weighted by Crippen LogP contribution is 2.20. The molecule has 0 fully saturated rings. The van der Waals surface area contributed by atoms with Crippen molar-refractivity contribution in [2.75, 3.05) is 0 Å². The van der Waals surface area contributed by atoms with Gasteiger partial charge in [-0.2, -0.15) is 9.35 Å². The number of nitrogens with zero attached hydrogens (tertiary/aromatic N) is 4. The standard InChI is InChI=1S/C27H22N4O2/c1-19(10-9-13-20-11-3-2-4-12-20)25-29-24-17-8-6-15-22(24)27(33)31(25)30-18-28-23-16-7-5-14-21(23)26(30)32/h2-9,11-19H,10H2,1H3/b13-9+. The molecule has 5 rings (SSSR count). The van der Waals surface area contributed by atoms with Crippen molar-refractivity contribution in [3.05, 3.63) is 123 Å². The Balaban J connectivity index is 1.66. The van der Waals surface area contributed by atoms with Crippen LogP contribution in [0.3, 0.4) is 0 Å². The molecule has 0 spiro atoms.